The number of hydrogen-bond donors (Lipinski definition) is 0. The van der Waals surface area contributed by atoms with Gasteiger partial charge in [0.05, 0.1) is 7.11 Å². The van der Waals surface area contributed by atoms with E-state index in [9.17, 15) is 9.59 Å². The molecule has 142 valence electrons. The van der Waals surface area contributed by atoms with Crippen LogP contribution in [0.25, 0.3) is 0 Å². The predicted molar refractivity (Wildman–Crippen MR) is 104 cm³/mol. The van der Waals surface area contributed by atoms with Crippen molar-refractivity contribution in [2.45, 2.75) is 12.8 Å². The van der Waals surface area contributed by atoms with Gasteiger partial charge in [0.25, 0.3) is 5.91 Å². The zero-order chi connectivity index (χ0) is 19.2. The molecule has 6 heteroatoms. The van der Waals surface area contributed by atoms with Crippen molar-refractivity contribution < 1.29 is 19.1 Å². The molecule has 27 heavy (non-hydrogen) atoms. The van der Waals surface area contributed by atoms with Gasteiger partial charge in [-0.05, 0) is 49.2 Å². The quantitative estimate of drug-likeness (QED) is 0.706. The van der Waals surface area contributed by atoms with E-state index in [1.165, 1.54) is 0 Å². The van der Waals surface area contributed by atoms with Crippen LogP contribution in [0.2, 0.25) is 5.02 Å². The summed E-state index contributed by atoms with van der Waals surface area (Å²) >= 11 is 5.87. The van der Waals surface area contributed by atoms with Gasteiger partial charge in [0.15, 0.2) is 23.9 Å². The molecule has 1 saturated heterocycles. The largest absolute Gasteiger partial charge is 0.493 e. The molecule has 0 unspecified atom stereocenters. The maximum Gasteiger partial charge on any atom is 0.260 e. The minimum Gasteiger partial charge on any atom is -0.493 e. The molecule has 3 rings (SSSR count). The molecule has 2 aromatic rings. The molecular formula is C21H22ClNO4. The van der Waals surface area contributed by atoms with E-state index in [1.54, 1.807) is 48.4 Å². The van der Waals surface area contributed by atoms with Crippen LogP contribution >= 0.6 is 11.6 Å². The van der Waals surface area contributed by atoms with Gasteiger partial charge in [-0.1, -0.05) is 23.7 Å². The number of likely N-dealkylation sites (tertiary alicyclic amines) is 1. The van der Waals surface area contributed by atoms with Crippen molar-refractivity contribution in [1.82, 2.24) is 4.90 Å². The van der Waals surface area contributed by atoms with E-state index < -0.39 is 0 Å². The van der Waals surface area contributed by atoms with Crippen LogP contribution in [-0.4, -0.2) is 43.4 Å². The van der Waals surface area contributed by atoms with Gasteiger partial charge in [0.2, 0.25) is 0 Å². The zero-order valence-electron chi connectivity index (χ0n) is 15.2. The standard InChI is InChI=1S/C21H22ClNO4/c1-26-18-4-2-3-5-19(18)27-14-20(24)23-12-10-16(11-13-23)21(25)15-6-8-17(22)9-7-15/h2-9,16H,10-14H2,1H3. The summed E-state index contributed by atoms with van der Waals surface area (Å²) in [7, 11) is 1.56. The second kappa shape index (κ2) is 8.91. The fraction of sp³-hybridized carbons (Fsp3) is 0.333. The maximum atomic E-state index is 12.6. The van der Waals surface area contributed by atoms with E-state index in [2.05, 4.69) is 0 Å². The van der Waals surface area contributed by atoms with Gasteiger partial charge in [0.1, 0.15) is 0 Å². The van der Waals surface area contributed by atoms with Gasteiger partial charge in [0, 0.05) is 29.6 Å². The first kappa shape index (κ1) is 19.2. The van der Waals surface area contributed by atoms with E-state index >= 15 is 0 Å². The van der Waals surface area contributed by atoms with E-state index in [0.717, 1.165) is 0 Å². The van der Waals surface area contributed by atoms with Crippen LogP contribution in [0.3, 0.4) is 0 Å². The number of benzene rings is 2. The summed E-state index contributed by atoms with van der Waals surface area (Å²) in [5.74, 6) is 1.10. The van der Waals surface area contributed by atoms with E-state index in [0.29, 0.717) is 48.0 Å². The first-order chi connectivity index (χ1) is 13.1. The van der Waals surface area contributed by atoms with Crippen LogP contribution in [-0.2, 0) is 4.79 Å². The molecule has 0 saturated carbocycles. The Kier molecular flexibility index (Phi) is 6.35. The minimum atomic E-state index is -0.0849. The Morgan fingerprint density at radius 3 is 2.30 bits per heavy atom. The van der Waals surface area contributed by atoms with Gasteiger partial charge in [-0.25, -0.2) is 0 Å². The molecule has 5 nitrogen and oxygen atoms in total. The van der Waals surface area contributed by atoms with Gasteiger partial charge >= 0.3 is 0 Å². The molecule has 1 amide bonds. The lowest BCUT2D eigenvalue weighted by molar-refractivity contribution is -0.134. The molecule has 0 aromatic heterocycles. The van der Waals surface area contributed by atoms with Gasteiger partial charge in [-0.2, -0.15) is 0 Å². The van der Waals surface area contributed by atoms with Crippen molar-refractivity contribution >= 4 is 23.3 Å². The Hall–Kier alpha value is -2.53. The Morgan fingerprint density at radius 1 is 1.04 bits per heavy atom. The number of piperidine rings is 1. The van der Waals surface area contributed by atoms with Gasteiger partial charge in [-0.15, -0.1) is 0 Å². The lowest BCUT2D eigenvalue weighted by atomic mass is 9.89. The van der Waals surface area contributed by atoms with Crippen molar-refractivity contribution in [1.29, 1.82) is 0 Å². The third-order valence-corrected chi connectivity index (χ3v) is 5.02. The summed E-state index contributed by atoms with van der Waals surface area (Å²) in [6.45, 7) is 1.06. The number of carbonyl (C=O) groups is 2. The molecule has 0 spiro atoms. The molecule has 1 fully saturated rings. The maximum absolute atomic E-state index is 12.6. The second-order valence-electron chi connectivity index (χ2n) is 6.47. The monoisotopic (exact) mass is 387 g/mol. The zero-order valence-corrected chi connectivity index (χ0v) is 15.9. The van der Waals surface area contributed by atoms with Crippen molar-refractivity contribution in [3.63, 3.8) is 0 Å². The number of carbonyl (C=O) groups excluding carboxylic acids is 2. The minimum absolute atomic E-state index is 0.0455. The lowest BCUT2D eigenvalue weighted by Crippen LogP contribution is -2.42. The SMILES string of the molecule is COc1ccccc1OCC(=O)N1CCC(C(=O)c2ccc(Cl)cc2)CC1. The molecular weight excluding hydrogens is 366 g/mol. The van der Waals surface area contributed by atoms with Crippen molar-refractivity contribution in [3.8, 4) is 11.5 Å². The summed E-state index contributed by atoms with van der Waals surface area (Å²) in [4.78, 5) is 26.8. The van der Waals surface area contributed by atoms with Gasteiger partial charge in [-0.3, -0.25) is 9.59 Å². The molecule has 0 radical (unpaired) electrons. The number of ether oxygens (including phenoxy) is 2. The third kappa shape index (κ3) is 4.80. The number of halogens is 1. The first-order valence-electron chi connectivity index (χ1n) is 8.92. The molecule has 1 aliphatic heterocycles. The second-order valence-corrected chi connectivity index (χ2v) is 6.90. The fourth-order valence-corrected chi connectivity index (χ4v) is 3.34. The molecule has 2 aromatic carbocycles. The number of ketones is 1. The first-order valence-corrected chi connectivity index (χ1v) is 9.29. The van der Waals surface area contributed by atoms with Crippen LogP contribution < -0.4 is 9.47 Å². The number of rotatable bonds is 6. The normalized spacial score (nSPS) is 14.7. The molecule has 0 N–H and O–H groups in total. The van der Waals surface area contributed by atoms with Crippen LogP contribution in [0.5, 0.6) is 11.5 Å². The highest BCUT2D eigenvalue weighted by molar-refractivity contribution is 6.30. The predicted octanol–water partition coefficient (Wildman–Crippen LogP) is 3.85. The average molecular weight is 388 g/mol. The smallest absolute Gasteiger partial charge is 0.260 e. The van der Waals surface area contributed by atoms with Crippen molar-refractivity contribution in [2.75, 3.05) is 26.8 Å². The number of Topliss-reactive ketones (excluding diaryl/α,β-unsaturated/α-hetero) is 1. The van der Waals surface area contributed by atoms with E-state index in [4.69, 9.17) is 21.1 Å². The Labute approximate surface area is 163 Å². The van der Waals surface area contributed by atoms with E-state index in [1.807, 2.05) is 12.1 Å². The van der Waals surface area contributed by atoms with Crippen LogP contribution in [0.4, 0.5) is 0 Å². The van der Waals surface area contributed by atoms with Crippen LogP contribution in [0, 0.1) is 5.92 Å². The highest BCUT2D eigenvalue weighted by Gasteiger charge is 2.28. The van der Waals surface area contributed by atoms with Crippen LogP contribution in [0.1, 0.15) is 23.2 Å². The Balaban J connectivity index is 1.50. The summed E-state index contributed by atoms with van der Waals surface area (Å²) in [6.07, 6.45) is 1.31. The lowest BCUT2D eigenvalue weighted by Gasteiger charge is -2.31. The third-order valence-electron chi connectivity index (χ3n) is 4.77. The number of methoxy groups -OCH3 is 1. The summed E-state index contributed by atoms with van der Waals surface area (Å²) in [5.41, 5.74) is 0.670. The summed E-state index contributed by atoms with van der Waals surface area (Å²) in [6, 6.07) is 14.2. The molecule has 0 atom stereocenters. The highest BCUT2D eigenvalue weighted by Crippen LogP contribution is 2.26. The number of amides is 1. The number of para-hydroxylation sites is 2. The number of nitrogens with zero attached hydrogens (tertiary/aromatic N) is 1. The highest BCUT2D eigenvalue weighted by atomic mass is 35.5. The molecule has 0 aliphatic carbocycles. The molecule has 0 bridgehead atoms. The molecule has 1 heterocycles. The topological polar surface area (TPSA) is 55.8 Å². The average Bonchev–Trinajstić information content (AvgIpc) is 2.72. The van der Waals surface area contributed by atoms with Gasteiger partial charge < -0.3 is 14.4 Å². The van der Waals surface area contributed by atoms with Crippen molar-refractivity contribution in [3.05, 3.63) is 59.1 Å². The molecule has 1 aliphatic rings. The van der Waals surface area contributed by atoms with Crippen LogP contribution in [0.15, 0.2) is 48.5 Å². The Bertz CT molecular complexity index is 798. The summed E-state index contributed by atoms with van der Waals surface area (Å²) in [5, 5.41) is 0.613. The Morgan fingerprint density at radius 2 is 1.67 bits per heavy atom. The summed E-state index contributed by atoms with van der Waals surface area (Å²) < 4.78 is 10.8. The van der Waals surface area contributed by atoms with Crippen molar-refractivity contribution in [2.24, 2.45) is 5.92 Å². The fourth-order valence-electron chi connectivity index (χ4n) is 3.21. The number of hydrogen-bond acceptors (Lipinski definition) is 4. The van der Waals surface area contributed by atoms with E-state index in [-0.39, 0.29) is 24.2 Å².